The Morgan fingerprint density at radius 2 is 2.04 bits per heavy atom. The maximum absolute atomic E-state index is 11.9. The summed E-state index contributed by atoms with van der Waals surface area (Å²) >= 11 is 0. The second-order valence-corrected chi connectivity index (χ2v) is 6.04. The van der Waals surface area contributed by atoms with Crippen molar-refractivity contribution in [3.8, 4) is 0 Å². The van der Waals surface area contributed by atoms with Gasteiger partial charge in [0.15, 0.2) is 0 Å². The number of piperidine rings is 1. The number of hydrogen-bond donors (Lipinski definition) is 1. The van der Waals surface area contributed by atoms with Crippen LogP contribution in [-0.2, 0) is 16.1 Å². The van der Waals surface area contributed by atoms with E-state index >= 15 is 0 Å². The second kappa shape index (κ2) is 7.31. The molecule has 2 aromatic rings. The molecular weight excluding hydrogens is 290 g/mol. The average Bonchev–Trinajstić information content (AvgIpc) is 2.97. The van der Waals surface area contributed by atoms with Crippen molar-refractivity contribution >= 4 is 22.7 Å². The lowest BCUT2D eigenvalue weighted by molar-refractivity contribution is -0.137. The summed E-state index contributed by atoms with van der Waals surface area (Å²) < 4.78 is 2.20. The Morgan fingerprint density at radius 1 is 1.17 bits per heavy atom. The van der Waals surface area contributed by atoms with E-state index in [0.29, 0.717) is 19.5 Å². The van der Waals surface area contributed by atoms with Gasteiger partial charge in [0, 0.05) is 37.8 Å². The van der Waals surface area contributed by atoms with E-state index in [2.05, 4.69) is 34.3 Å². The summed E-state index contributed by atoms with van der Waals surface area (Å²) in [6, 6.07) is 10.4. The molecule has 2 amide bonds. The first kappa shape index (κ1) is 15.6. The first-order valence-electron chi connectivity index (χ1n) is 8.32. The summed E-state index contributed by atoms with van der Waals surface area (Å²) in [6.07, 6.45) is 5.48. The number of carbonyl (C=O) groups excluding carboxylic acids is 2. The summed E-state index contributed by atoms with van der Waals surface area (Å²) in [5, 5.41) is 4.15. The number of likely N-dealkylation sites (tertiary alicyclic amines) is 1. The molecule has 0 atom stereocenters. The number of aryl methyl sites for hydroxylation is 1. The van der Waals surface area contributed by atoms with Gasteiger partial charge in [0.2, 0.25) is 11.8 Å². The summed E-state index contributed by atoms with van der Waals surface area (Å²) in [5.74, 6) is 0.0443. The Bertz CT molecular complexity index is 692. The zero-order valence-electron chi connectivity index (χ0n) is 13.3. The van der Waals surface area contributed by atoms with Crippen molar-refractivity contribution in [3.63, 3.8) is 0 Å². The number of carbonyl (C=O) groups is 2. The van der Waals surface area contributed by atoms with Crippen molar-refractivity contribution in [2.75, 3.05) is 19.6 Å². The molecule has 1 aliphatic heterocycles. The number of rotatable bonds is 6. The molecule has 1 aromatic heterocycles. The fourth-order valence-electron chi connectivity index (χ4n) is 3.07. The van der Waals surface area contributed by atoms with Crippen molar-refractivity contribution in [2.24, 2.45) is 0 Å². The number of nitrogens with one attached hydrogen (secondary N) is 1. The minimum atomic E-state index is -0.0578. The SMILES string of the molecule is O=C(CN1CCCCC1=O)NCCCn1ccc2ccccc21. The van der Waals surface area contributed by atoms with E-state index in [-0.39, 0.29) is 18.4 Å². The van der Waals surface area contributed by atoms with E-state index in [9.17, 15) is 9.59 Å². The summed E-state index contributed by atoms with van der Waals surface area (Å²) in [6.45, 7) is 2.41. The lowest BCUT2D eigenvalue weighted by Gasteiger charge is -2.25. The molecule has 0 unspecified atom stereocenters. The number of fused-ring (bicyclic) bond motifs is 1. The normalized spacial score (nSPS) is 15.1. The van der Waals surface area contributed by atoms with Crippen LogP contribution in [0.25, 0.3) is 10.9 Å². The molecule has 0 saturated carbocycles. The highest BCUT2D eigenvalue weighted by atomic mass is 16.2. The van der Waals surface area contributed by atoms with Crippen LogP contribution in [0.2, 0.25) is 0 Å². The van der Waals surface area contributed by atoms with Gasteiger partial charge >= 0.3 is 0 Å². The maximum atomic E-state index is 11.9. The van der Waals surface area contributed by atoms with E-state index in [1.807, 2.05) is 12.1 Å². The van der Waals surface area contributed by atoms with Gasteiger partial charge in [-0.3, -0.25) is 9.59 Å². The molecule has 122 valence electrons. The van der Waals surface area contributed by atoms with Gasteiger partial charge in [-0.2, -0.15) is 0 Å². The van der Waals surface area contributed by atoms with Crippen molar-refractivity contribution in [1.29, 1.82) is 0 Å². The van der Waals surface area contributed by atoms with Gasteiger partial charge < -0.3 is 14.8 Å². The van der Waals surface area contributed by atoms with Crippen molar-refractivity contribution < 1.29 is 9.59 Å². The van der Waals surface area contributed by atoms with Crippen molar-refractivity contribution in [1.82, 2.24) is 14.8 Å². The van der Waals surface area contributed by atoms with Crippen LogP contribution in [0.15, 0.2) is 36.5 Å². The Morgan fingerprint density at radius 3 is 2.91 bits per heavy atom. The average molecular weight is 313 g/mol. The largest absolute Gasteiger partial charge is 0.354 e. The quantitative estimate of drug-likeness (QED) is 0.831. The van der Waals surface area contributed by atoms with Crippen LogP contribution in [0.3, 0.4) is 0 Å². The Hall–Kier alpha value is -2.30. The maximum Gasteiger partial charge on any atom is 0.239 e. The number of aromatic nitrogens is 1. The number of hydrogen-bond acceptors (Lipinski definition) is 2. The van der Waals surface area contributed by atoms with Crippen LogP contribution in [0.5, 0.6) is 0 Å². The van der Waals surface area contributed by atoms with E-state index < -0.39 is 0 Å². The van der Waals surface area contributed by atoms with E-state index in [1.165, 1.54) is 10.9 Å². The highest BCUT2D eigenvalue weighted by Crippen LogP contribution is 2.15. The lowest BCUT2D eigenvalue weighted by atomic mass is 10.1. The minimum Gasteiger partial charge on any atom is -0.354 e. The standard InChI is InChI=1S/C18H23N3O2/c22-17(14-21-11-4-3-8-18(21)23)19-10-5-12-20-13-9-15-6-1-2-7-16(15)20/h1-2,6-7,9,13H,3-5,8,10-12,14H2,(H,19,22). The molecule has 0 bridgehead atoms. The molecule has 1 N–H and O–H groups in total. The van der Waals surface area contributed by atoms with Crippen LogP contribution in [-0.4, -0.2) is 40.9 Å². The highest BCUT2D eigenvalue weighted by molar-refractivity contribution is 5.85. The summed E-state index contributed by atoms with van der Waals surface area (Å²) in [4.78, 5) is 25.3. The zero-order chi connectivity index (χ0) is 16.1. The second-order valence-electron chi connectivity index (χ2n) is 6.04. The van der Waals surface area contributed by atoms with Crippen LogP contribution in [0, 0.1) is 0 Å². The molecule has 0 radical (unpaired) electrons. The number of para-hydroxylation sites is 1. The third kappa shape index (κ3) is 3.92. The van der Waals surface area contributed by atoms with Gasteiger partial charge in [0.25, 0.3) is 0 Å². The summed E-state index contributed by atoms with van der Waals surface area (Å²) in [7, 11) is 0. The van der Waals surface area contributed by atoms with E-state index in [0.717, 1.165) is 25.8 Å². The summed E-state index contributed by atoms with van der Waals surface area (Å²) in [5.41, 5.74) is 1.22. The molecule has 3 rings (SSSR count). The van der Waals surface area contributed by atoms with Gasteiger partial charge in [-0.25, -0.2) is 0 Å². The third-order valence-corrected chi connectivity index (χ3v) is 4.33. The van der Waals surface area contributed by atoms with Crippen LogP contribution in [0.4, 0.5) is 0 Å². The van der Waals surface area contributed by atoms with Gasteiger partial charge in [-0.1, -0.05) is 18.2 Å². The Kier molecular flexibility index (Phi) is 4.95. The number of amides is 2. The topological polar surface area (TPSA) is 54.3 Å². The van der Waals surface area contributed by atoms with E-state index in [1.54, 1.807) is 4.90 Å². The smallest absolute Gasteiger partial charge is 0.239 e. The predicted octanol–water partition coefficient (Wildman–Crippen LogP) is 2.16. The first-order chi connectivity index (χ1) is 11.2. The van der Waals surface area contributed by atoms with Gasteiger partial charge in [-0.15, -0.1) is 0 Å². The highest BCUT2D eigenvalue weighted by Gasteiger charge is 2.19. The van der Waals surface area contributed by atoms with Crippen molar-refractivity contribution in [2.45, 2.75) is 32.2 Å². The molecule has 2 heterocycles. The molecule has 23 heavy (non-hydrogen) atoms. The van der Waals surface area contributed by atoms with Gasteiger partial charge in [0.1, 0.15) is 0 Å². The first-order valence-corrected chi connectivity index (χ1v) is 8.32. The molecule has 0 spiro atoms. The lowest BCUT2D eigenvalue weighted by Crippen LogP contribution is -2.43. The molecule has 1 aliphatic rings. The van der Waals surface area contributed by atoms with Gasteiger partial charge in [0.05, 0.1) is 6.54 Å². The molecule has 0 aliphatic carbocycles. The molecule has 1 aromatic carbocycles. The molecule has 5 heteroatoms. The fourth-order valence-corrected chi connectivity index (χ4v) is 3.07. The van der Waals surface area contributed by atoms with Crippen LogP contribution < -0.4 is 5.32 Å². The number of benzene rings is 1. The molecule has 5 nitrogen and oxygen atoms in total. The number of nitrogens with zero attached hydrogens (tertiary/aromatic N) is 2. The Balaban J connectivity index is 1.41. The van der Waals surface area contributed by atoms with Crippen LogP contribution >= 0.6 is 0 Å². The molecule has 1 saturated heterocycles. The minimum absolute atomic E-state index is 0.0578. The predicted molar refractivity (Wildman–Crippen MR) is 90.0 cm³/mol. The van der Waals surface area contributed by atoms with Crippen LogP contribution in [0.1, 0.15) is 25.7 Å². The fraction of sp³-hybridized carbons (Fsp3) is 0.444. The van der Waals surface area contributed by atoms with E-state index in [4.69, 9.17) is 0 Å². The Labute approximate surface area is 136 Å². The molecular formula is C18H23N3O2. The zero-order valence-corrected chi connectivity index (χ0v) is 13.3. The van der Waals surface area contributed by atoms with Crippen molar-refractivity contribution in [3.05, 3.63) is 36.5 Å². The molecule has 1 fully saturated rings. The third-order valence-electron chi connectivity index (χ3n) is 4.33. The monoisotopic (exact) mass is 313 g/mol. The van der Waals surface area contributed by atoms with Gasteiger partial charge in [-0.05, 0) is 36.8 Å².